The van der Waals surface area contributed by atoms with Crippen molar-refractivity contribution < 1.29 is 9.47 Å². The Hall–Kier alpha value is -2.93. The van der Waals surface area contributed by atoms with Crippen LogP contribution in [0.4, 0.5) is 5.69 Å². The van der Waals surface area contributed by atoms with Crippen LogP contribution in [0.2, 0.25) is 0 Å². The molecule has 0 aliphatic heterocycles. The summed E-state index contributed by atoms with van der Waals surface area (Å²) in [6.45, 7) is 2.27. The highest BCUT2D eigenvalue weighted by Gasteiger charge is 2.19. The van der Waals surface area contributed by atoms with Crippen LogP contribution in [0.25, 0.3) is 11.3 Å². The van der Waals surface area contributed by atoms with Crippen LogP contribution < -0.4 is 14.3 Å². The second-order valence-electron chi connectivity index (χ2n) is 8.00. The Kier molecular flexibility index (Phi) is 7.37. The number of rotatable bonds is 7. The molecule has 1 aromatic carbocycles. The van der Waals surface area contributed by atoms with E-state index in [1.807, 2.05) is 35.0 Å². The van der Waals surface area contributed by atoms with E-state index in [9.17, 15) is 0 Å². The van der Waals surface area contributed by atoms with E-state index in [2.05, 4.69) is 17.3 Å². The number of hydrogen-bond acceptors (Lipinski definition) is 6. The van der Waals surface area contributed by atoms with E-state index in [1.165, 1.54) is 31.4 Å². The van der Waals surface area contributed by atoms with Gasteiger partial charge >= 0.3 is 0 Å². The van der Waals surface area contributed by atoms with Crippen LogP contribution in [0.3, 0.4) is 0 Å². The van der Waals surface area contributed by atoms with Gasteiger partial charge in [0.2, 0.25) is 4.80 Å². The van der Waals surface area contributed by atoms with Crippen molar-refractivity contribution in [2.24, 2.45) is 16.0 Å². The fourth-order valence-electron chi connectivity index (χ4n) is 4.15. The van der Waals surface area contributed by atoms with Crippen LogP contribution in [0, 0.1) is 5.92 Å². The second kappa shape index (κ2) is 10.6. The fraction of sp³-hybridized carbons (Fsp3) is 0.400. The molecule has 1 fully saturated rings. The minimum absolute atomic E-state index is 0.775. The average molecular weight is 451 g/mol. The molecule has 0 radical (unpaired) electrons. The number of methoxy groups -OCH3 is 2. The maximum atomic E-state index is 5.66. The third-order valence-corrected chi connectivity index (χ3v) is 6.68. The van der Waals surface area contributed by atoms with Gasteiger partial charge in [0.15, 0.2) is 0 Å². The lowest BCUT2D eigenvalue weighted by Gasteiger charge is -2.22. The lowest BCUT2D eigenvalue weighted by molar-refractivity contribution is 0.404. The maximum Gasteiger partial charge on any atom is 0.211 e. The van der Waals surface area contributed by atoms with Crippen LogP contribution in [0.1, 0.15) is 45.4 Å². The van der Waals surface area contributed by atoms with Gasteiger partial charge in [-0.05, 0) is 61.9 Å². The van der Waals surface area contributed by atoms with Crippen molar-refractivity contribution in [3.63, 3.8) is 0 Å². The molecule has 1 saturated carbocycles. The molecule has 0 saturated heterocycles. The molecule has 0 atom stereocenters. The molecule has 3 aromatic rings. The summed E-state index contributed by atoms with van der Waals surface area (Å²) in [6.07, 6.45) is 10.6. The van der Waals surface area contributed by atoms with Crippen molar-refractivity contribution in [1.29, 1.82) is 0 Å². The van der Waals surface area contributed by atoms with E-state index in [4.69, 9.17) is 19.6 Å². The Bertz CT molecular complexity index is 1120. The summed E-state index contributed by atoms with van der Waals surface area (Å²) < 4.78 is 13.1. The van der Waals surface area contributed by atoms with E-state index in [0.29, 0.717) is 0 Å². The number of aromatic nitrogens is 2. The predicted octanol–water partition coefficient (Wildman–Crippen LogP) is 6.06. The highest BCUT2D eigenvalue weighted by Crippen LogP contribution is 2.34. The number of hydrogen-bond donors (Lipinski definition) is 0. The van der Waals surface area contributed by atoms with E-state index in [-0.39, 0.29) is 0 Å². The van der Waals surface area contributed by atoms with Crippen molar-refractivity contribution in [2.75, 3.05) is 14.2 Å². The number of thiazole rings is 1. The highest BCUT2D eigenvalue weighted by molar-refractivity contribution is 7.07. The first-order valence-electron chi connectivity index (χ1n) is 11.2. The first-order chi connectivity index (χ1) is 15.7. The number of ether oxygens (including phenoxy) is 2. The second-order valence-corrected chi connectivity index (χ2v) is 8.84. The molecule has 1 aliphatic rings. The molecule has 168 valence electrons. The third-order valence-electron chi connectivity index (χ3n) is 5.86. The summed E-state index contributed by atoms with van der Waals surface area (Å²) in [7, 11) is 3.36. The van der Waals surface area contributed by atoms with Crippen LogP contribution in [-0.4, -0.2) is 29.6 Å². The van der Waals surface area contributed by atoms with E-state index in [1.54, 1.807) is 38.0 Å². The van der Waals surface area contributed by atoms with Gasteiger partial charge in [0, 0.05) is 22.9 Å². The van der Waals surface area contributed by atoms with Gasteiger partial charge in [-0.2, -0.15) is 5.10 Å². The SMILES string of the molecule is CCCC1CCC(=Nn2c(-c3cc(OC)ccc3OC)csc2=Nc2cccnc2)CC1. The number of nitrogens with zero attached hydrogens (tertiary/aromatic N) is 4. The molecule has 4 rings (SSSR count). The molecule has 0 unspecified atom stereocenters. The summed E-state index contributed by atoms with van der Waals surface area (Å²) in [6, 6.07) is 9.66. The number of pyridine rings is 1. The fourth-order valence-corrected chi connectivity index (χ4v) is 4.99. The molecule has 0 spiro atoms. The summed E-state index contributed by atoms with van der Waals surface area (Å²) in [5, 5.41) is 7.19. The maximum absolute atomic E-state index is 5.66. The van der Waals surface area contributed by atoms with Crippen LogP contribution >= 0.6 is 11.3 Å². The molecule has 2 aromatic heterocycles. The molecule has 0 amide bonds. The number of benzene rings is 1. The molecule has 2 heterocycles. The van der Waals surface area contributed by atoms with E-state index >= 15 is 0 Å². The van der Waals surface area contributed by atoms with Gasteiger partial charge in [0.25, 0.3) is 0 Å². The Labute approximate surface area is 193 Å². The van der Waals surface area contributed by atoms with Crippen molar-refractivity contribution in [2.45, 2.75) is 45.4 Å². The summed E-state index contributed by atoms with van der Waals surface area (Å²) in [5.41, 5.74) is 3.90. The zero-order chi connectivity index (χ0) is 22.3. The van der Waals surface area contributed by atoms with E-state index < -0.39 is 0 Å². The highest BCUT2D eigenvalue weighted by atomic mass is 32.1. The van der Waals surface area contributed by atoms with Gasteiger partial charge in [-0.25, -0.2) is 9.67 Å². The van der Waals surface area contributed by atoms with Crippen LogP contribution in [0.5, 0.6) is 11.5 Å². The van der Waals surface area contributed by atoms with Crippen molar-refractivity contribution in [1.82, 2.24) is 9.66 Å². The van der Waals surface area contributed by atoms with Gasteiger partial charge in [-0.1, -0.05) is 19.8 Å². The Morgan fingerprint density at radius 3 is 2.69 bits per heavy atom. The minimum atomic E-state index is 0.775. The van der Waals surface area contributed by atoms with Crippen LogP contribution in [0.15, 0.2) is 58.2 Å². The van der Waals surface area contributed by atoms with Gasteiger partial charge in [-0.15, -0.1) is 11.3 Å². The van der Waals surface area contributed by atoms with Gasteiger partial charge in [-0.3, -0.25) is 4.98 Å². The molecule has 32 heavy (non-hydrogen) atoms. The smallest absolute Gasteiger partial charge is 0.211 e. The lowest BCUT2D eigenvalue weighted by Crippen LogP contribution is -2.19. The standard InChI is InChI=1S/C25H30N4O2S/c1-4-6-18-8-10-19(11-9-18)28-29-23(22-15-21(30-2)12-13-24(22)31-3)17-32-25(29)27-20-7-5-14-26-16-20/h5,7,12-18H,4,6,8-11H2,1-3H3. The molecular weight excluding hydrogens is 420 g/mol. The monoisotopic (exact) mass is 450 g/mol. The predicted molar refractivity (Wildman–Crippen MR) is 130 cm³/mol. The molecular formula is C25H30N4O2S. The summed E-state index contributed by atoms with van der Waals surface area (Å²) in [5.74, 6) is 2.37. The van der Waals surface area contributed by atoms with Gasteiger partial charge in [0.05, 0.1) is 31.8 Å². The van der Waals surface area contributed by atoms with E-state index in [0.717, 1.165) is 52.0 Å². The van der Waals surface area contributed by atoms with Gasteiger partial charge < -0.3 is 9.47 Å². The van der Waals surface area contributed by atoms with Crippen molar-refractivity contribution in [3.8, 4) is 22.8 Å². The molecule has 0 bridgehead atoms. The first kappa shape index (κ1) is 22.3. The zero-order valence-corrected chi connectivity index (χ0v) is 19.8. The zero-order valence-electron chi connectivity index (χ0n) is 19.0. The molecule has 6 nitrogen and oxygen atoms in total. The average Bonchev–Trinajstić information content (AvgIpc) is 3.22. The lowest BCUT2D eigenvalue weighted by atomic mass is 9.85. The van der Waals surface area contributed by atoms with Crippen molar-refractivity contribution >= 4 is 22.7 Å². The summed E-state index contributed by atoms with van der Waals surface area (Å²) in [4.78, 5) is 9.84. The topological polar surface area (TPSA) is 61.0 Å². The largest absolute Gasteiger partial charge is 0.497 e. The minimum Gasteiger partial charge on any atom is -0.497 e. The quantitative estimate of drug-likeness (QED) is 0.440. The first-order valence-corrected chi connectivity index (χ1v) is 12.0. The Balaban J connectivity index is 1.81. The molecule has 1 aliphatic carbocycles. The normalized spacial score (nSPS) is 16.8. The van der Waals surface area contributed by atoms with Crippen molar-refractivity contribution in [3.05, 3.63) is 52.9 Å². The molecule has 0 N–H and O–H groups in total. The third kappa shape index (κ3) is 5.10. The summed E-state index contributed by atoms with van der Waals surface area (Å²) >= 11 is 1.56. The van der Waals surface area contributed by atoms with Crippen LogP contribution in [-0.2, 0) is 0 Å². The Morgan fingerprint density at radius 2 is 2.00 bits per heavy atom. The van der Waals surface area contributed by atoms with Gasteiger partial charge in [0.1, 0.15) is 11.5 Å². The molecule has 7 heteroatoms. The Morgan fingerprint density at radius 1 is 1.16 bits per heavy atom.